The highest BCUT2D eigenvalue weighted by Crippen LogP contribution is 2.66. The minimum absolute atomic E-state index is 0.245. The van der Waals surface area contributed by atoms with Gasteiger partial charge in [0.05, 0.1) is 11.1 Å². The van der Waals surface area contributed by atoms with Crippen LogP contribution in [0.15, 0.2) is 60.7 Å². The third-order valence-electron chi connectivity index (χ3n) is 10.9. The van der Waals surface area contributed by atoms with Crippen LogP contribution in [0.2, 0.25) is 0 Å². The van der Waals surface area contributed by atoms with Crippen LogP contribution < -0.4 is 85.3 Å². The molecule has 90 heavy (non-hydrogen) atoms. The van der Waals surface area contributed by atoms with Gasteiger partial charge in [-0.2, -0.15) is 0 Å². The van der Waals surface area contributed by atoms with E-state index in [0.29, 0.717) is 0 Å². The van der Waals surface area contributed by atoms with Crippen LogP contribution in [0.4, 0.5) is 0 Å². The standard InChI is InChI=1S/C60H46O30/c1-23(61)73-35-13-36(74-24(2)62)15-37(14-35)85-54-45(80-30(8)68)21-47(82-32(10)70)56-59(54)90-53-49(88-56)20-42(78-28(6)66)51(58(53)84-34(12)72)50-40(77-27(5)65)16-38(75-25(3)63)17-41(50)86-55-46(81-31(9)69)22-48(83-33(11)71)57-60(55)89-52-43(79-29(7)67)18-39(76-26(4)64)19-44(52)87-57/h13-22H,1-12H3. The van der Waals surface area contributed by atoms with Gasteiger partial charge in [0, 0.05) is 144 Å². The number of esters is 12. The Labute approximate surface area is 505 Å². The Morgan fingerprint density at radius 1 is 0.222 bits per heavy atom. The lowest BCUT2D eigenvalue weighted by Crippen LogP contribution is -2.14. The van der Waals surface area contributed by atoms with Crippen molar-refractivity contribution in [3.63, 3.8) is 0 Å². The smallest absolute Gasteiger partial charge is 0.308 e. The molecule has 2 aliphatic heterocycles. The molecule has 0 radical (unpaired) electrons. The number of hydrogen-bond donors (Lipinski definition) is 0. The van der Waals surface area contributed by atoms with Crippen LogP contribution in [0.25, 0.3) is 11.1 Å². The summed E-state index contributed by atoms with van der Waals surface area (Å²) in [5, 5.41) is 0. The van der Waals surface area contributed by atoms with E-state index in [2.05, 4.69) is 0 Å². The van der Waals surface area contributed by atoms with Crippen molar-refractivity contribution in [1.82, 2.24) is 0 Å². The molecule has 0 amide bonds. The molecular weight excluding hydrogens is 1200 g/mol. The molecule has 0 aliphatic carbocycles. The van der Waals surface area contributed by atoms with Gasteiger partial charge < -0.3 is 85.3 Å². The van der Waals surface area contributed by atoms with Crippen molar-refractivity contribution in [2.45, 2.75) is 83.1 Å². The third kappa shape index (κ3) is 15.0. The summed E-state index contributed by atoms with van der Waals surface area (Å²) in [6, 6.07) is 10.4. The molecule has 466 valence electrons. The van der Waals surface area contributed by atoms with Crippen LogP contribution in [0.1, 0.15) is 83.1 Å². The Morgan fingerprint density at radius 2 is 0.533 bits per heavy atom. The largest absolute Gasteiger partial charge is 0.449 e. The molecule has 30 nitrogen and oxygen atoms in total. The summed E-state index contributed by atoms with van der Waals surface area (Å²) in [5.41, 5.74) is -1.30. The Hall–Kier alpha value is -12.2. The van der Waals surface area contributed by atoms with Gasteiger partial charge in [-0.05, 0) is 0 Å². The second-order valence-electron chi connectivity index (χ2n) is 18.5. The molecule has 0 saturated carbocycles. The lowest BCUT2D eigenvalue weighted by Gasteiger charge is -2.29. The monoisotopic (exact) mass is 1250 g/mol. The molecule has 0 bridgehead atoms. The van der Waals surface area contributed by atoms with Crippen LogP contribution in [-0.4, -0.2) is 71.6 Å². The maximum Gasteiger partial charge on any atom is 0.308 e. The SMILES string of the molecule is CC(=O)Oc1cc(OC(C)=O)cc(Oc2c(OC(C)=O)cc(OC(C)=O)c3c2Oc2c(cc(OC(C)=O)c(-c4c(OC(C)=O)cc(OC(C)=O)cc4Oc4c(OC(C)=O)cc(OC(C)=O)c5c4Oc4c(OC(C)=O)cc(OC(C)=O)cc4O5)c2OC(C)=O)O3)c1. The first-order valence-corrected chi connectivity index (χ1v) is 25.8. The number of carbonyl (C=O) groups is 12. The Kier molecular flexibility index (Phi) is 18.5. The predicted molar refractivity (Wildman–Crippen MR) is 294 cm³/mol. The summed E-state index contributed by atoms with van der Waals surface area (Å²) in [7, 11) is 0. The number of benzene rings is 6. The average molecular weight is 1250 g/mol. The average Bonchev–Trinajstić information content (AvgIpc) is 0.744. The van der Waals surface area contributed by atoms with Crippen LogP contribution in [-0.2, 0) is 57.5 Å². The van der Waals surface area contributed by atoms with Crippen molar-refractivity contribution >= 4 is 71.6 Å². The molecule has 30 heteroatoms. The Morgan fingerprint density at radius 3 is 0.967 bits per heavy atom. The van der Waals surface area contributed by atoms with Crippen molar-refractivity contribution in [3.8, 4) is 149 Å². The molecule has 6 aromatic carbocycles. The van der Waals surface area contributed by atoms with Crippen molar-refractivity contribution in [2.75, 3.05) is 0 Å². The number of rotatable bonds is 17. The van der Waals surface area contributed by atoms with Gasteiger partial charge in [0.25, 0.3) is 0 Å². The summed E-state index contributed by atoms with van der Waals surface area (Å²) in [6.45, 7) is 11.9. The highest BCUT2D eigenvalue weighted by atomic mass is 16.6. The molecule has 8 rings (SSSR count). The number of fused-ring (bicyclic) bond motifs is 4. The molecule has 6 aromatic rings. The van der Waals surface area contributed by atoms with Gasteiger partial charge in [-0.3, -0.25) is 57.5 Å². The fourth-order valence-corrected chi connectivity index (χ4v) is 8.37. The minimum Gasteiger partial charge on any atom is -0.449 e. The molecular formula is C60H46O30. The zero-order valence-electron chi connectivity index (χ0n) is 49.0. The molecule has 0 fully saturated rings. The van der Waals surface area contributed by atoms with Gasteiger partial charge in [0.1, 0.15) is 46.0 Å². The second kappa shape index (κ2) is 26.2. The van der Waals surface area contributed by atoms with Crippen LogP contribution in [0.3, 0.4) is 0 Å². The van der Waals surface area contributed by atoms with Crippen molar-refractivity contribution in [3.05, 3.63) is 60.7 Å². The zero-order valence-corrected chi connectivity index (χ0v) is 49.0. The Balaban J connectivity index is 1.48. The molecule has 2 heterocycles. The fourth-order valence-electron chi connectivity index (χ4n) is 8.37. The van der Waals surface area contributed by atoms with Gasteiger partial charge in [-0.1, -0.05) is 0 Å². The quantitative estimate of drug-likeness (QED) is 0.0604. The van der Waals surface area contributed by atoms with E-state index in [0.717, 1.165) is 144 Å². The van der Waals surface area contributed by atoms with Crippen LogP contribution >= 0.6 is 0 Å². The molecule has 2 aliphatic rings. The molecule has 0 spiro atoms. The molecule has 0 saturated heterocycles. The van der Waals surface area contributed by atoms with E-state index in [4.69, 9.17) is 85.3 Å². The lowest BCUT2D eigenvalue weighted by molar-refractivity contribution is -0.133. The van der Waals surface area contributed by atoms with Gasteiger partial charge in [-0.15, -0.1) is 0 Å². The fraction of sp³-hybridized carbons (Fsp3) is 0.200. The van der Waals surface area contributed by atoms with E-state index < -0.39 is 192 Å². The normalized spacial score (nSPS) is 11.1. The van der Waals surface area contributed by atoms with Crippen molar-refractivity contribution < 1.29 is 143 Å². The number of hydrogen-bond acceptors (Lipinski definition) is 30. The number of ether oxygens (including phenoxy) is 18. The maximum absolute atomic E-state index is 13.7. The van der Waals surface area contributed by atoms with Gasteiger partial charge in [-0.25, -0.2) is 0 Å². The molecule has 0 atom stereocenters. The van der Waals surface area contributed by atoms with Gasteiger partial charge >= 0.3 is 71.6 Å². The highest BCUT2D eigenvalue weighted by molar-refractivity contribution is 5.95. The summed E-state index contributed by atoms with van der Waals surface area (Å²) in [4.78, 5) is 154. The third-order valence-corrected chi connectivity index (χ3v) is 10.9. The van der Waals surface area contributed by atoms with Crippen LogP contribution in [0, 0.1) is 0 Å². The van der Waals surface area contributed by atoms with Crippen molar-refractivity contribution in [1.29, 1.82) is 0 Å². The van der Waals surface area contributed by atoms with E-state index >= 15 is 0 Å². The number of carbonyl (C=O) groups excluding carboxylic acids is 12. The first-order chi connectivity index (χ1) is 42.4. The lowest BCUT2D eigenvalue weighted by atomic mass is 9.98. The first-order valence-electron chi connectivity index (χ1n) is 25.8. The van der Waals surface area contributed by atoms with E-state index in [1.807, 2.05) is 0 Å². The molecule has 0 N–H and O–H groups in total. The topological polar surface area (TPSA) is 371 Å². The predicted octanol–water partition coefficient (Wildman–Crippen LogP) is 9.84. The highest BCUT2D eigenvalue weighted by Gasteiger charge is 2.41. The van der Waals surface area contributed by atoms with E-state index in [-0.39, 0.29) is 28.7 Å². The van der Waals surface area contributed by atoms with Gasteiger partial charge in [0.2, 0.25) is 46.0 Å². The second-order valence-corrected chi connectivity index (χ2v) is 18.5. The summed E-state index contributed by atoms with van der Waals surface area (Å²) in [6.07, 6.45) is 0. The molecule has 0 aromatic heterocycles. The summed E-state index contributed by atoms with van der Waals surface area (Å²) in [5.74, 6) is -25.0. The Bertz CT molecular complexity index is 4100. The van der Waals surface area contributed by atoms with E-state index in [1.165, 1.54) is 0 Å². The zero-order chi connectivity index (χ0) is 65.7. The minimum atomic E-state index is -1.18. The summed E-state index contributed by atoms with van der Waals surface area (Å²) < 4.78 is 105. The molecule has 0 unspecified atom stereocenters. The first kappa shape index (κ1) is 63.8. The van der Waals surface area contributed by atoms with Crippen LogP contribution in [0.5, 0.6) is 138 Å². The van der Waals surface area contributed by atoms with E-state index in [9.17, 15) is 57.5 Å². The van der Waals surface area contributed by atoms with Gasteiger partial charge in [0.15, 0.2) is 46.0 Å². The van der Waals surface area contributed by atoms with E-state index in [1.54, 1.807) is 0 Å². The maximum atomic E-state index is 13.7. The van der Waals surface area contributed by atoms with Crippen molar-refractivity contribution in [2.24, 2.45) is 0 Å². The summed E-state index contributed by atoms with van der Waals surface area (Å²) >= 11 is 0.